The normalized spacial score (nSPS) is 19.8. The first-order valence-electron chi connectivity index (χ1n) is 7.90. The maximum atomic E-state index is 5.75. The number of piperidine rings is 1. The molecule has 1 aliphatic rings. The molecule has 0 radical (unpaired) electrons. The molecule has 2 heterocycles. The number of aromatic nitrogens is 2. The Balaban J connectivity index is 1.69. The van der Waals surface area contributed by atoms with Crippen molar-refractivity contribution in [1.82, 2.24) is 14.7 Å². The number of hydrogen-bond acceptors (Lipinski definition) is 3. The van der Waals surface area contributed by atoms with E-state index < -0.39 is 0 Å². The van der Waals surface area contributed by atoms with Gasteiger partial charge in [0, 0.05) is 24.3 Å². The molecule has 2 N–H and O–H groups in total. The van der Waals surface area contributed by atoms with E-state index in [4.69, 9.17) is 5.73 Å². The minimum atomic E-state index is 0.642. The first-order chi connectivity index (χ1) is 10.4. The smallest absolute Gasteiger partial charge is 0.0645 e. The highest BCUT2D eigenvalue weighted by molar-refractivity contribution is 5.30. The second-order valence-corrected chi connectivity index (χ2v) is 5.83. The molecule has 112 valence electrons. The second-order valence-electron chi connectivity index (χ2n) is 5.83. The van der Waals surface area contributed by atoms with E-state index in [1.165, 1.54) is 31.4 Å². The van der Waals surface area contributed by atoms with E-state index in [-0.39, 0.29) is 0 Å². The molecule has 0 amide bonds. The lowest BCUT2D eigenvalue weighted by Crippen LogP contribution is -2.40. The van der Waals surface area contributed by atoms with Gasteiger partial charge in [-0.05, 0) is 44.5 Å². The molecule has 1 aliphatic heterocycles. The fourth-order valence-corrected chi connectivity index (χ4v) is 3.19. The fraction of sp³-hybridized carbons (Fsp3) is 0.471. The highest BCUT2D eigenvalue weighted by Crippen LogP contribution is 2.21. The van der Waals surface area contributed by atoms with Gasteiger partial charge in [0.25, 0.3) is 0 Å². The molecule has 1 atom stereocenters. The van der Waals surface area contributed by atoms with Crippen LogP contribution in [0.5, 0.6) is 0 Å². The van der Waals surface area contributed by atoms with Crippen molar-refractivity contribution >= 4 is 0 Å². The van der Waals surface area contributed by atoms with Crippen LogP contribution < -0.4 is 5.73 Å². The molecule has 0 spiro atoms. The summed E-state index contributed by atoms with van der Waals surface area (Å²) >= 11 is 0. The van der Waals surface area contributed by atoms with Crippen LogP contribution in [0.3, 0.4) is 0 Å². The quantitative estimate of drug-likeness (QED) is 0.918. The van der Waals surface area contributed by atoms with Gasteiger partial charge in [0.15, 0.2) is 0 Å². The van der Waals surface area contributed by atoms with Gasteiger partial charge in [-0.1, -0.05) is 24.6 Å². The van der Waals surface area contributed by atoms with Crippen LogP contribution in [-0.2, 0) is 6.54 Å². The highest BCUT2D eigenvalue weighted by Gasteiger charge is 2.22. The molecule has 1 fully saturated rings. The zero-order chi connectivity index (χ0) is 14.5. The molecular weight excluding hydrogens is 260 g/mol. The van der Waals surface area contributed by atoms with Crippen LogP contribution in [0, 0.1) is 0 Å². The molecule has 3 rings (SSSR count). The average Bonchev–Trinajstić information content (AvgIpc) is 2.99. The molecule has 21 heavy (non-hydrogen) atoms. The minimum absolute atomic E-state index is 0.642. The van der Waals surface area contributed by atoms with E-state index in [9.17, 15) is 0 Å². The molecule has 4 heteroatoms. The number of likely N-dealkylation sites (tertiary alicyclic amines) is 1. The standard InChI is InChI=1S/C17H24N4/c18-10-9-16-6-4-5-11-20(16)13-15-12-19-21(14-15)17-7-2-1-3-8-17/h1-3,7-8,12,14,16H,4-6,9-11,13,18H2. The number of nitrogens with zero attached hydrogens (tertiary/aromatic N) is 3. The molecule has 0 bridgehead atoms. The average molecular weight is 284 g/mol. The van der Waals surface area contributed by atoms with E-state index in [1.807, 2.05) is 29.1 Å². The second kappa shape index (κ2) is 6.87. The third-order valence-corrected chi connectivity index (χ3v) is 4.29. The van der Waals surface area contributed by atoms with Crippen molar-refractivity contribution in [2.75, 3.05) is 13.1 Å². The predicted molar refractivity (Wildman–Crippen MR) is 85.3 cm³/mol. The Morgan fingerprint density at radius 1 is 1.19 bits per heavy atom. The summed E-state index contributed by atoms with van der Waals surface area (Å²) < 4.78 is 1.96. The van der Waals surface area contributed by atoms with Gasteiger partial charge < -0.3 is 5.73 Å². The lowest BCUT2D eigenvalue weighted by atomic mass is 9.99. The maximum Gasteiger partial charge on any atom is 0.0645 e. The largest absolute Gasteiger partial charge is 0.330 e. The Morgan fingerprint density at radius 2 is 2.05 bits per heavy atom. The third kappa shape index (κ3) is 3.52. The van der Waals surface area contributed by atoms with E-state index in [1.54, 1.807) is 0 Å². The molecular formula is C17H24N4. The fourth-order valence-electron chi connectivity index (χ4n) is 3.19. The van der Waals surface area contributed by atoms with Gasteiger partial charge in [-0.15, -0.1) is 0 Å². The Hall–Kier alpha value is -1.65. The number of nitrogens with two attached hydrogens (primary N) is 1. The number of hydrogen-bond donors (Lipinski definition) is 1. The summed E-state index contributed by atoms with van der Waals surface area (Å²) in [5.74, 6) is 0. The van der Waals surface area contributed by atoms with Gasteiger partial charge in [-0.2, -0.15) is 5.10 Å². The summed E-state index contributed by atoms with van der Waals surface area (Å²) in [5, 5.41) is 4.49. The molecule has 1 aromatic carbocycles. The Morgan fingerprint density at radius 3 is 2.86 bits per heavy atom. The van der Waals surface area contributed by atoms with Crippen LogP contribution in [0.1, 0.15) is 31.2 Å². The predicted octanol–water partition coefficient (Wildman–Crippen LogP) is 2.58. The van der Waals surface area contributed by atoms with Crippen molar-refractivity contribution in [3.05, 3.63) is 48.3 Å². The van der Waals surface area contributed by atoms with Gasteiger partial charge in [0.1, 0.15) is 0 Å². The zero-order valence-corrected chi connectivity index (χ0v) is 12.5. The van der Waals surface area contributed by atoms with Crippen molar-refractivity contribution in [3.63, 3.8) is 0 Å². The minimum Gasteiger partial charge on any atom is -0.330 e. The van der Waals surface area contributed by atoms with Crippen LogP contribution in [0.4, 0.5) is 0 Å². The first-order valence-corrected chi connectivity index (χ1v) is 7.90. The Bertz CT molecular complexity index is 547. The lowest BCUT2D eigenvalue weighted by molar-refractivity contribution is 0.134. The van der Waals surface area contributed by atoms with Crippen LogP contribution in [-0.4, -0.2) is 33.8 Å². The van der Waals surface area contributed by atoms with Gasteiger partial charge in [0.2, 0.25) is 0 Å². The Labute approximate surface area is 126 Å². The van der Waals surface area contributed by atoms with Gasteiger partial charge in [-0.3, -0.25) is 4.90 Å². The molecule has 2 aromatic rings. The number of benzene rings is 1. The summed E-state index contributed by atoms with van der Waals surface area (Å²) in [6.45, 7) is 2.95. The topological polar surface area (TPSA) is 47.1 Å². The number of rotatable bonds is 5. The molecule has 0 saturated carbocycles. The Kier molecular flexibility index (Phi) is 4.68. The van der Waals surface area contributed by atoms with Crippen LogP contribution in [0.15, 0.2) is 42.7 Å². The highest BCUT2D eigenvalue weighted by atomic mass is 15.3. The van der Waals surface area contributed by atoms with E-state index in [2.05, 4.69) is 28.3 Å². The molecule has 4 nitrogen and oxygen atoms in total. The first kappa shape index (κ1) is 14.3. The number of para-hydroxylation sites is 1. The monoisotopic (exact) mass is 284 g/mol. The van der Waals surface area contributed by atoms with Crippen LogP contribution in [0.25, 0.3) is 5.69 Å². The summed E-state index contributed by atoms with van der Waals surface area (Å²) in [6.07, 6.45) is 9.15. The van der Waals surface area contributed by atoms with Gasteiger partial charge >= 0.3 is 0 Å². The third-order valence-electron chi connectivity index (χ3n) is 4.29. The van der Waals surface area contributed by atoms with Crippen LogP contribution in [0.2, 0.25) is 0 Å². The van der Waals surface area contributed by atoms with Crippen molar-refractivity contribution in [2.24, 2.45) is 5.73 Å². The lowest BCUT2D eigenvalue weighted by Gasteiger charge is -2.35. The van der Waals surface area contributed by atoms with Gasteiger partial charge in [-0.25, -0.2) is 4.68 Å². The van der Waals surface area contributed by atoms with Crippen molar-refractivity contribution in [1.29, 1.82) is 0 Å². The van der Waals surface area contributed by atoms with E-state index in [0.29, 0.717) is 6.04 Å². The molecule has 0 aliphatic carbocycles. The van der Waals surface area contributed by atoms with E-state index in [0.717, 1.165) is 25.2 Å². The molecule has 1 saturated heterocycles. The van der Waals surface area contributed by atoms with Crippen molar-refractivity contribution in [3.8, 4) is 5.69 Å². The summed E-state index contributed by atoms with van der Waals surface area (Å²) in [6, 6.07) is 10.9. The summed E-state index contributed by atoms with van der Waals surface area (Å²) in [5.41, 5.74) is 8.14. The zero-order valence-electron chi connectivity index (χ0n) is 12.5. The summed E-state index contributed by atoms with van der Waals surface area (Å²) in [7, 11) is 0. The SMILES string of the molecule is NCCC1CCCCN1Cc1cnn(-c2ccccc2)c1. The van der Waals surface area contributed by atoms with Gasteiger partial charge in [0.05, 0.1) is 11.9 Å². The van der Waals surface area contributed by atoms with E-state index >= 15 is 0 Å². The van der Waals surface area contributed by atoms with Crippen molar-refractivity contribution < 1.29 is 0 Å². The molecule has 1 aromatic heterocycles. The molecule has 1 unspecified atom stereocenters. The summed E-state index contributed by atoms with van der Waals surface area (Å²) in [4.78, 5) is 2.57. The maximum absolute atomic E-state index is 5.75. The van der Waals surface area contributed by atoms with Crippen molar-refractivity contribution in [2.45, 2.75) is 38.3 Å². The van der Waals surface area contributed by atoms with Crippen LogP contribution >= 0.6 is 0 Å².